The van der Waals surface area contributed by atoms with Gasteiger partial charge in [0.2, 0.25) is 0 Å². The number of carbonyl (C=O) groups excluding carboxylic acids is 1. The van der Waals surface area contributed by atoms with Crippen molar-refractivity contribution in [2.24, 2.45) is 0 Å². The van der Waals surface area contributed by atoms with E-state index in [0.29, 0.717) is 15.3 Å². The fourth-order valence-electron chi connectivity index (χ4n) is 1.17. The second-order valence-corrected chi connectivity index (χ2v) is 3.87. The van der Waals surface area contributed by atoms with Crippen LogP contribution in [-0.2, 0) is 0 Å². The number of hydrogen-bond acceptors (Lipinski definition) is 3. The van der Waals surface area contributed by atoms with Crippen molar-refractivity contribution < 1.29 is 9.90 Å². The van der Waals surface area contributed by atoms with E-state index in [0.717, 1.165) is 11.7 Å². The lowest BCUT2D eigenvalue weighted by atomic mass is 10.2. The van der Waals surface area contributed by atoms with Gasteiger partial charge in [0.15, 0.2) is 12.0 Å². The van der Waals surface area contributed by atoms with Crippen molar-refractivity contribution in [2.75, 3.05) is 0 Å². The van der Waals surface area contributed by atoms with Gasteiger partial charge >= 0.3 is 0 Å². The van der Waals surface area contributed by atoms with Crippen LogP contribution in [0.2, 0.25) is 5.02 Å². The number of benzene rings is 1. The molecule has 2 nitrogen and oxygen atoms in total. The summed E-state index contributed by atoms with van der Waals surface area (Å²) in [5.41, 5.74) is 0.590. The number of aromatic hydroxyl groups is 1. The average Bonchev–Trinajstić information content (AvgIpc) is 2.55. The molecule has 13 heavy (non-hydrogen) atoms. The van der Waals surface area contributed by atoms with E-state index in [1.54, 1.807) is 17.5 Å². The molecule has 0 aliphatic heterocycles. The number of phenols is 1. The molecule has 4 heteroatoms. The molecule has 1 N–H and O–H groups in total. The van der Waals surface area contributed by atoms with Gasteiger partial charge in [0, 0.05) is 16.3 Å². The Morgan fingerprint density at radius 2 is 2.23 bits per heavy atom. The van der Waals surface area contributed by atoms with Crippen molar-refractivity contribution >= 4 is 39.3 Å². The maximum absolute atomic E-state index is 10.6. The normalized spacial score (nSPS) is 10.5. The van der Waals surface area contributed by atoms with E-state index >= 15 is 0 Å². The Bertz CT molecular complexity index is 476. The summed E-state index contributed by atoms with van der Waals surface area (Å²) >= 11 is 7.02. The van der Waals surface area contributed by atoms with Crippen LogP contribution in [0.25, 0.3) is 10.1 Å². The third-order valence-electron chi connectivity index (χ3n) is 1.82. The summed E-state index contributed by atoms with van der Waals surface area (Å²) in [5, 5.41) is 12.3. The predicted octanol–water partition coefficient (Wildman–Crippen LogP) is 3.07. The van der Waals surface area contributed by atoms with Crippen molar-refractivity contribution in [2.45, 2.75) is 0 Å². The summed E-state index contributed by atoms with van der Waals surface area (Å²) < 4.78 is 0.662. The van der Waals surface area contributed by atoms with E-state index in [4.69, 9.17) is 11.6 Å². The Morgan fingerprint density at radius 1 is 1.46 bits per heavy atom. The van der Waals surface area contributed by atoms with Crippen LogP contribution < -0.4 is 0 Å². The van der Waals surface area contributed by atoms with Gasteiger partial charge in [-0.3, -0.25) is 4.79 Å². The molecule has 1 aromatic carbocycles. The smallest absolute Gasteiger partial charge is 0.151 e. The van der Waals surface area contributed by atoms with E-state index in [9.17, 15) is 9.90 Å². The predicted molar refractivity (Wildman–Crippen MR) is 53.9 cm³/mol. The number of aldehydes is 1. The zero-order valence-electron chi connectivity index (χ0n) is 6.45. The van der Waals surface area contributed by atoms with E-state index in [2.05, 4.69) is 0 Å². The second kappa shape index (κ2) is 3.01. The minimum Gasteiger partial charge on any atom is -0.505 e. The Hall–Kier alpha value is -1.06. The highest BCUT2D eigenvalue weighted by molar-refractivity contribution is 7.18. The largest absolute Gasteiger partial charge is 0.505 e. The summed E-state index contributed by atoms with van der Waals surface area (Å²) in [7, 11) is 0. The highest BCUT2D eigenvalue weighted by atomic mass is 35.5. The molecule has 1 aromatic heterocycles. The molecule has 1 heterocycles. The monoisotopic (exact) mass is 212 g/mol. The summed E-state index contributed by atoms with van der Waals surface area (Å²) in [4.78, 5) is 10.6. The molecule has 2 rings (SSSR count). The minimum absolute atomic E-state index is 0.0530. The lowest BCUT2D eigenvalue weighted by Gasteiger charge is -1.96. The van der Waals surface area contributed by atoms with E-state index in [1.807, 2.05) is 0 Å². The minimum atomic E-state index is 0.0530. The van der Waals surface area contributed by atoms with E-state index in [-0.39, 0.29) is 5.75 Å². The molecule has 0 bridgehead atoms. The number of rotatable bonds is 1. The highest BCUT2D eigenvalue weighted by Crippen LogP contribution is 2.37. The van der Waals surface area contributed by atoms with Crippen molar-refractivity contribution in [3.63, 3.8) is 0 Å². The maximum Gasteiger partial charge on any atom is 0.151 e. The molecule has 0 aliphatic rings. The number of fused-ring (bicyclic) bond motifs is 1. The van der Waals surface area contributed by atoms with Gasteiger partial charge in [-0.25, -0.2) is 0 Å². The molecule has 0 radical (unpaired) electrons. The Labute approximate surface area is 83.4 Å². The summed E-state index contributed by atoms with van der Waals surface area (Å²) in [6.07, 6.45) is 0.770. The van der Waals surface area contributed by atoms with Crippen LogP contribution in [0, 0.1) is 0 Å². The van der Waals surface area contributed by atoms with Gasteiger partial charge in [0.25, 0.3) is 0 Å². The van der Waals surface area contributed by atoms with Crippen LogP contribution in [-0.4, -0.2) is 11.4 Å². The SMILES string of the molecule is O=Cc1csc2c(O)c(Cl)ccc12. The summed E-state index contributed by atoms with van der Waals surface area (Å²) in [6.45, 7) is 0. The van der Waals surface area contributed by atoms with E-state index < -0.39 is 0 Å². The van der Waals surface area contributed by atoms with Crippen LogP contribution in [0.15, 0.2) is 17.5 Å². The summed E-state index contributed by atoms with van der Waals surface area (Å²) in [5.74, 6) is 0.0530. The Balaban J connectivity index is 2.88. The third kappa shape index (κ3) is 1.20. The lowest BCUT2D eigenvalue weighted by molar-refractivity contribution is 0.112. The van der Waals surface area contributed by atoms with Gasteiger partial charge in [-0.2, -0.15) is 0 Å². The van der Waals surface area contributed by atoms with Crippen molar-refractivity contribution in [3.05, 3.63) is 28.1 Å². The fourth-order valence-corrected chi connectivity index (χ4v) is 2.35. The molecule has 0 spiro atoms. The molecule has 0 unspecified atom stereocenters. The van der Waals surface area contributed by atoms with Gasteiger partial charge in [-0.1, -0.05) is 17.7 Å². The van der Waals surface area contributed by atoms with Crippen LogP contribution in [0.3, 0.4) is 0 Å². The van der Waals surface area contributed by atoms with Gasteiger partial charge < -0.3 is 5.11 Å². The number of phenolic OH excluding ortho intramolecular Hbond substituents is 1. The topological polar surface area (TPSA) is 37.3 Å². The highest BCUT2D eigenvalue weighted by Gasteiger charge is 2.09. The third-order valence-corrected chi connectivity index (χ3v) is 3.15. The molecule has 66 valence electrons. The molecule has 0 amide bonds. The maximum atomic E-state index is 10.6. The number of hydrogen-bond donors (Lipinski definition) is 1. The molecular weight excluding hydrogens is 208 g/mol. The Kier molecular flexibility index (Phi) is 1.98. The molecule has 2 aromatic rings. The van der Waals surface area contributed by atoms with Crippen LogP contribution in [0.4, 0.5) is 0 Å². The van der Waals surface area contributed by atoms with Gasteiger partial charge in [0.05, 0.1) is 9.72 Å². The van der Waals surface area contributed by atoms with Crippen molar-refractivity contribution in [1.82, 2.24) is 0 Å². The van der Waals surface area contributed by atoms with Gasteiger partial charge in [-0.05, 0) is 6.07 Å². The van der Waals surface area contributed by atoms with Crippen molar-refractivity contribution in [1.29, 1.82) is 0 Å². The number of carbonyl (C=O) groups is 1. The molecule has 0 saturated heterocycles. The number of halogens is 1. The first-order valence-corrected chi connectivity index (χ1v) is 4.83. The number of thiophene rings is 1. The molecular formula is C9H5ClO2S. The molecule has 0 atom stereocenters. The fraction of sp³-hybridized carbons (Fsp3) is 0. The molecule has 0 fully saturated rings. The quantitative estimate of drug-likeness (QED) is 0.738. The van der Waals surface area contributed by atoms with Crippen LogP contribution in [0.1, 0.15) is 10.4 Å². The zero-order valence-corrected chi connectivity index (χ0v) is 8.02. The van der Waals surface area contributed by atoms with Gasteiger partial charge in [0.1, 0.15) is 0 Å². The first kappa shape index (κ1) is 8.53. The van der Waals surface area contributed by atoms with Gasteiger partial charge in [-0.15, -0.1) is 11.3 Å². The van der Waals surface area contributed by atoms with Crippen molar-refractivity contribution in [3.8, 4) is 5.75 Å². The average molecular weight is 213 g/mol. The van der Waals surface area contributed by atoms with Crippen LogP contribution >= 0.6 is 22.9 Å². The standard InChI is InChI=1S/C9H5ClO2S/c10-7-2-1-6-5(3-11)4-13-9(6)8(7)12/h1-4,12H. The first-order valence-electron chi connectivity index (χ1n) is 3.58. The Morgan fingerprint density at radius 3 is 2.92 bits per heavy atom. The van der Waals surface area contributed by atoms with E-state index in [1.165, 1.54) is 11.3 Å². The molecule has 0 aliphatic carbocycles. The molecule has 0 saturated carbocycles. The summed E-state index contributed by atoms with van der Waals surface area (Å²) in [6, 6.07) is 3.32. The lowest BCUT2D eigenvalue weighted by Crippen LogP contribution is -1.75. The second-order valence-electron chi connectivity index (χ2n) is 2.58. The first-order chi connectivity index (χ1) is 6.24. The zero-order chi connectivity index (χ0) is 9.42. The van der Waals surface area contributed by atoms with Crippen LogP contribution in [0.5, 0.6) is 5.75 Å².